The molecule has 1 aromatic carbocycles. The zero-order chi connectivity index (χ0) is 17.6. The van der Waals surface area contributed by atoms with Crippen molar-refractivity contribution < 1.29 is 14.4 Å². The number of tetrazole rings is 1. The monoisotopic (exact) mass is 358 g/mol. The van der Waals surface area contributed by atoms with E-state index in [2.05, 4.69) is 20.8 Å². The minimum absolute atomic E-state index is 0.0250. The van der Waals surface area contributed by atoms with Crippen LogP contribution < -0.4 is 5.32 Å². The van der Waals surface area contributed by atoms with Gasteiger partial charge >= 0.3 is 0 Å². The van der Waals surface area contributed by atoms with E-state index >= 15 is 0 Å². The van der Waals surface area contributed by atoms with Gasteiger partial charge in [0.05, 0.1) is 4.91 Å². The van der Waals surface area contributed by atoms with Gasteiger partial charge < -0.3 is 5.32 Å². The van der Waals surface area contributed by atoms with Crippen molar-refractivity contribution in [2.75, 3.05) is 13.1 Å². The van der Waals surface area contributed by atoms with Gasteiger partial charge in [-0.15, -0.1) is 5.10 Å². The molecule has 0 spiro atoms. The first-order valence-corrected chi connectivity index (χ1v) is 8.23. The summed E-state index contributed by atoms with van der Waals surface area (Å²) in [6.45, 7) is 0.249. The van der Waals surface area contributed by atoms with Crippen LogP contribution >= 0.6 is 11.8 Å². The lowest BCUT2D eigenvalue weighted by Crippen LogP contribution is -2.38. The van der Waals surface area contributed by atoms with Crippen LogP contribution in [0.15, 0.2) is 41.6 Å². The Bertz CT molecular complexity index is 806. The van der Waals surface area contributed by atoms with Crippen LogP contribution in [0.4, 0.5) is 4.79 Å². The first-order chi connectivity index (χ1) is 12.1. The normalized spacial score (nSPS) is 15.8. The highest BCUT2D eigenvalue weighted by atomic mass is 32.2. The number of carbonyl (C=O) groups excluding carboxylic acids is 3. The van der Waals surface area contributed by atoms with Crippen LogP contribution in [0.2, 0.25) is 0 Å². The van der Waals surface area contributed by atoms with E-state index in [1.54, 1.807) is 6.08 Å². The Morgan fingerprint density at radius 2 is 2.04 bits per heavy atom. The molecule has 0 saturated carbocycles. The van der Waals surface area contributed by atoms with E-state index in [0.29, 0.717) is 4.91 Å². The SMILES string of the molecule is O=C(Cn1cnnn1)NCCN1C(=O)SC(=Cc2ccccc2)C1=O. The predicted molar refractivity (Wildman–Crippen MR) is 89.9 cm³/mol. The molecule has 2 heterocycles. The molecule has 0 bridgehead atoms. The zero-order valence-electron chi connectivity index (χ0n) is 13.0. The molecule has 0 atom stereocenters. The highest BCUT2D eigenvalue weighted by Crippen LogP contribution is 2.31. The molecular weight excluding hydrogens is 344 g/mol. The number of nitrogens with one attached hydrogen (secondary N) is 1. The third-order valence-corrected chi connectivity index (χ3v) is 4.23. The molecule has 1 fully saturated rings. The quantitative estimate of drug-likeness (QED) is 0.750. The van der Waals surface area contributed by atoms with Crippen LogP contribution in [-0.4, -0.2) is 55.3 Å². The lowest BCUT2D eigenvalue weighted by molar-refractivity contribution is -0.124. The van der Waals surface area contributed by atoms with Crippen molar-refractivity contribution in [1.82, 2.24) is 30.4 Å². The average Bonchev–Trinajstić information content (AvgIpc) is 3.19. The number of imide groups is 1. The molecule has 0 aliphatic carbocycles. The van der Waals surface area contributed by atoms with E-state index in [0.717, 1.165) is 22.2 Å². The second kappa shape index (κ2) is 7.71. The van der Waals surface area contributed by atoms with Crippen LogP contribution in [0.3, 0.4) is 0 Å². The van der Waals surface area contributed by atoms with Gasteiger partial charge in [-0.1, -0.05) is 30.3 Å². The zero-order valence-corrected chi connectivity index (χ0v) is 13.8. The average molecular weight is 358 g/mol. The summed E-state index contributed by atoms with van der Waals surface area (Å²) in [4.78, 5) is 37.5. The van der Waals surface area contributed by atoms with E-state index in [9.17, 15) is 14.4 Å². The van der Waals surface area contributed by atoms with Crippen molar-refractivity contribution >= 4 is 34.9 Å². The number of aromatic nitrogens is 4. The van der Waals surface area contributed by atoms with Crippen LogP contribution in [0, 0.1) is 0 Å². The Labute approximate surface area is 147 Å². The Balaban J connectivity index is 1.53. The lowest BCUT2D eigenvalue weighted by atomic mass is 10.2. The Morgan fingerprint density at radius 3 is 2.76 bits per heavy atom. The fourth-order valence-corrected chi connectivity index (χ4v) is 3.02. The number of rotatable bonds is 6. The Kier molecular flexibility index (Phi) is 5.19. The largest absolute Gasteiger partial charge is 0.353 e. The van der Waals surface area contributed by atoms with Gasteiger partial charge in [0.1, 0.15) is 12.9 Å². The molecule has 10 heteroatoms. The number of benzene rings is 1. The van der Waals surface area contributed by atoms with Gasteiger partial charge in [-0.25, -0.2) is 4.68 Å². The van der Waals surface area contributed by atoms with Crippen molar-refractivity contribution in [3.05, 3.63) is 47.1 Å². The third-order valence-electron chi connectivity index (χ3n) is 3.33. The molecule has 0 radical (unpaired) electrons. The Morgan fingerprint density at radius 1 is 1.24 bits per heavy atom. The molecule has 1 aliphatic rings. The molecule has 128 valence electrons. The summed E-state index contributed by atoms with van der Waals surface area (Å²) in [7, 11) is 0. The first kappa shape index (κ1) is 16.8. The molecule has 9 nitrogen and oxygen atoms in total. The minimum Gasteiger partial charge on any atom is -0.353 e. The molecule has 1 aromatic heterocycles. The van der Waals surface area contributed by atoms with E-state index in [-0.39, 0.29) is 36.7 Å². The van der Waals surface area contributed by atoms with Gasteiger partial charge in [-0.3, -0.25) is 19.3 Å². The van der Waals surface area contributed by atoms with Crippen LogP contribution in [-0.2, 0) is 16.1 Å². The predicted octanol–water partition coefficient (Wildman–Crippen LogP) is 0.526. The number of hydrogen-bond acceptors (Lipinski definition) is 7. The summed E-state index contributed by atoms with van der Waals surface area (Å²) in [5, 5.41) is 12.7. The molecular formula is C15H14N6O3S. The van der Waals surface area contributed by atoms with Crippen LogP contribution in [0.25, 0.3) is 6.08 Å². The molecule has 0 unspecified atom stereocenters. The van der Waals surface area contributed by atoms with Crippen molar-refractivity contribution in [2.45, 2.75) is 6.54 Å². The van der Waals surface area contributed by atoms with E-state index in [4.69, 9.17) is 0 Å². The fourth-order valence-electron chi connectivity index (χ4n) is 2.16. The standard InChI is InChI=1S/C15H14N6O3S/c22-13(9-20-10-17-18-19-20)16-6-7-21-14(23)12(25-15(21)24)8-11-4-2-1-3-5-11/h1-5,8,10H,6-7,9H2,(H,16,22). The molecule has 2 aromatic rings. The number of nitrogens with zero attached hydrogens (tertiary/aromatic N) is 5. The summed E-state index contributed by atoms with van der Waals surface area (Å²) in [5.74, 6) is -0.660. The summed E-state index contributed by atoms with van der Waals surface area (Å²) in [5.41, 5.74) is 0.850. The summed E-state index contributed by atoms with van der Waals surface area (Å²) >= 11 is 0.894. The Hall–Kier alpha value is -3.01. The van der Waals surface area contributed by atoms with Crippen molar-refractivity contribution in [3.8, 4) is 0 Å². The molecule has 3 amide bonds. The maximum absolute atomic E-state index is 12.3. The first-order valence-electron chi connectivity index (χ1n) is 7.41. The maximum atomic E-state index is 12.3. The number of amides is 3. The minimum atomic E-state index is -0.353. The summed E-state index contributed by atoms with van der Waals surface area (Å²) in [6, 6.07) is 9.30. The number of hydrogen-bond donors (Lipinski definition) is 1. The molecule has 3 rings (SSSR count). The third kappa shape index (κ3) is 4.29. The highest BCUT2D eigenvalue weighted by Gasteiger charge is 2.34. The number of carbonyl (C=O) groups is 3. The van der Waals surface area contributed by atoms with E-state index < -0.39 is 0 Å². The van der Waals surface area contributed by atoms with Crippen LogP contribution in [0.5, 0.6) is 0 Å². The van der Waals surface area contributed by atoms with Gasteiger partial charge in [0.25, 0.3) is 11.1 Å². The second-order valence-electron chi connectivity index (χ2n) is 5.10. The van der Waals surface area contributed by atoms with Gasteiger partial charge in [0, 0.05) is 13.1 Å². The molecule has 25 heavy (non-hydrogen) atoms. The van der Waals surface area contributed by atoms with Gasteiger partial charge in [0.2, 0.25) is 5.91 Å². The summed E-state index contributed by atoms with van der Waals surface area (Å²) < 4.78 is 1.28. The topological polar surface area (TPSA) is 110 Å². The maximum Gasteiger partial charge on any atom is 0.293 e. The number of thioether (sulfide) groups is 1. The van der Waals surface area contributed by atoms with E-state index in [1.165, 1.54) is 11.0 Å². The molecule has 1 N–H and O–H groups in total. The van der Waals surface area contributed by atoms with Gasteiger partial charge in [0.15, 0.2) is 0 Å². The summed E-state index contributed by atoms with van der Waals surface area (Å²) in [6.07, 6.45) is 3.01. The van der Waals surface area contributed by atoms with Crippen molar-refractivity contribution in [3.63, 3.8) is 0 Å². The van der Waals surface area contributed by atoms with Gasteiger partial charge in [-0.2, -0.15) is 0 Å². The lowest BCUT2D eigenvalue weighted by Gasteiger charge is -2.12. The second-order valence-corrected chi connectivity index (χ2v) is 6.09. The highest BCUT2D eigenvalue weighted by molar-refractivity contribution is 8.18. The van der Waals surface area contributed by atoms with Crippen molar-refractivity contribution in [2.24, 2.45) is 0 Å². The van der Waals surface area contributed by atoms with Crippen LogP contribution in [0.1, 0.15) is 5.56 Å². The van der Waals surface area contributed by atoms with E-state index in [1.807, 2.05) is 30.3 Å². The van der Waals surface area contributed by atoms with Gasteiger partial charge in [-0.05, 0) is 33.8 Å². The van der Waals surface area contributed by atoms with Crippen molar-refractivity contribution in [1.29, 1.82) is 0 Å². The smallest absolute Gasteiger partial charge is 0.293 e. The fraction of sp³-hybridized carbons (Fsp3) is 0.200. The molecule has 1 aliphatic heterocycles. The molecule has 1 saturated heterocycles.